The zero-order valence-electron chi connectivity index (χ0n) is 9.01. The topological polar surface area (TPSA) is 46.5 Å². The van der Waals surface area contributed by atoms with Crippen molar-refractivity contribution in [2.24, 2.45) is 5.92 Å². The van der Waals surface area contributed by atoms with Gasteiger partial charge in [-0.1, -0.05) is 37.3 Å². The van der Waals surface area contributed by atoms with E-state index in [1.807, 2.05) is 37.3 Å². The van der Waals surface area contributed by atoms with Gasteiger partial charge in [-0.25, -0.2) is 0 Å². The van der Waals surface area contributed by atoms with Gasteiger partial charge in [0, 0.05) is 0 Å². The minimum atomic E-state index is -0.620. The van der Waals surface area contributed by atoms with E-state index in [0.29, 0.717) is 0 Å². The van der Waals surface area contributed by atoms with Crippen LogP contribution in [0.3, 0.4) is 0 Å². The average Bonchev–Trinajstić information content (AvgIpc) is 2.29. The predicted molar refractivity (Wildman–Crippen MR) is 57.2 cm³/mol. The number of carbonyl (C=O) groups is 1. The molecule has 3 nitrogen and oxygen atoms in total. The van der Waals surface area contributed by atoms with Gasteiger partial charge in [0.05, 0.1) is 19.6 Å². The summed E-state index contributed by atoms with van der Waals surface area (Å²) in [7, 11) is 1.35. The van der Waals surface area contributed by atoms with Crippen LogP contribution < -0.4 is 0 Å². The van der Waals surface area contributed by atoms with Gasteiger partial charge in [-0.3, -0.25) is 4.79 Å². The highest BCUT2D eigenvalue weighted by molar-refractivity contribution is 5.69. The van der Waals surface area contributed by atoms with E-state index in [2.05, 4.69) is 4.74 Å². The summed E-state index contributed by atoms with van der Waals surface area (Å²) in [4.78, 5) is 11.0. The minimum Gasteiger partial charge on any atom is -0.469 e. The van der Waals surface area contributed by atoms with Crippen LogP contribution in [-0.4, -0.2) is 18.2 Å². The molecular weight excluding hydrogens is 192 g/mol. The molecule has 1 N–H and O–H groups in total. The highest BCUT2D eigenvalue weighted by Crippen LogP contribution is 2.24. The van der Waals surface area contributed by atoms with E-state index >= 15 is 0 Å². The van der Waals surface area contributed by atoms with E-state index in [0.717, 1.165) is 5.56 Å². The van der Waals surface area contributed by atoms with Crippen molar-refractivity contribution >= 4 is 5.97 Å². The molecule has 0 saturated carbocycles. The molecule has 1 rings (SSSR count). The number of ether oxygens (including phenoxy) is 1. The molecule has 0 fully saturated rings. The van der Waals surface area contributed by atoms with Crippen molar-refractivity contribution < 1.29 is 14.6 Å². The van der Waals surface area contributed by atoms with Crippen molar-refractivity contribution in [1.29, 1.82) is 0 Å². The van der Waals surface area contributed by atoms with Crippen LogP contribution in [0, 0.1) is 5.92 Å². The highest BCUT2D eigenvalue weighted by atomic mass is 16.5. The summed E-state index contributed by atoms with van der Waals surface area (Å²) < 4.78 is 4.56. The first-order valence-corrected chi connectivity index (χ1v) is 4.95. The third-order valence-corrected chi connectivity index (χ3v) is 2.40. The van der Waals surface area contributed by atoms with Gasteiger partial charge in [-0.05, 0) is 11.5 Å². The van der Waals surface area contributed by atoms with Gasteiger partial charge in [0.25, 0.3) is 0 Å². The van der Waals surface area contributed by atoms with E-state index in [4.69, 9.17) is 0 Å². The number of rotatable bonds is 4. The Bertz CT molecular complexity index is 308. The molecule has 3 heteroatoms. The zero-order chi connectivity index (χ0) is 11.3. The standard InChI is InChI=1S/C12H16O3/c1-9(8-11(13)15-2)12(14)10-6-4-3-5-7-10/h3-7,9,12,14H,8H2,1-2H3. The largest absolute Gasteiger partial charge is 0.469 e. The molecule has 0 saturated heterocycles. The quantitative estimate of drug-likeness (QED) is 0.769. The number of esters is 1. The summed E-state index contributed by atoms with van der Waals surface area (Å²) in [6, 6.07) is 9.31. The normalized spacial score (nSPS) is 14.3. The molecular formula is C12H16O3. The van der Waals surface area contributed by atoms with Crippen molar-refractivity contribution in [3.8, 4) is 0 Å². The van der Waals surface area contributed by atoms with E-state index in [1.165, 1.54) is 7.11 Å². The summed E-state index contributed by atoms with van der Waals surface area (Å²) in [5, 5.41) is 9.93. The van der Waals surface area contributed by atoms with Crippen molar-refractivity contribution in [3.63, 3.8) is 0 Å². The van der Waals surface area contributed by atoms with E-state index in [-0.39, 0.29) is 18.3 Å². The molecule has 2 atom stereocenters. The first-order chi connectivity index (χ1) is 7.15. The zero-order valence-corrected chi connectivity index (χ0v) is 9.01. The molecule has 0 heterocycles. The summed E-state index contributed by atoms with van der Waals surface area (Å²) in [5.41, 5.74) is 0.828. The van der Waals surface area contributed by atoms with Gasteiger partial charge >= 0.3 is 5.97 Å². The first-order valence-electron chi connectivity index (χ1n) is 4.95. The monoisotopic (exact) mass is 208 g/mol. The Morgan fingerprint density at radius 1 is 1.40 bits per heavy atom. The third-order valence-electron chi connectivity index (χ3n) is 2.40. The number of hydrogen-bond acceptors (Lipinski definition) is 3. The number of aliphatic hydroxyl groups is 1. The van der Waals surface area contributed by atoms with Gasteiger partial charge in [0.2, 0.25) is 0 Å². The van der Waals surface area contributed by atoms with Crippen molar-refractivity contribution in [2.75, 3.05) is 7.11 Å². The Morgan fingerprint density at radius 3 is 2.53 bits per heavy atom. The molecule has 1 aromatic carbocycles. The lowest BCUT2D eigenvalue weighted by Crippen LogP contribution is -2.14. The number of benzene rings is 1. The fourth-order valence-electron chi connectivity index (χ4n) is 1.44. The Kier molecular flexibility index (Phi) is 4.31. The van der Waals surface area contributed by atoms with Crippen LogP contribution in [0.4, 0.5) is 0 Å². The molecule has 2 unspecified atom stereocenters. The van der Waals surface area contributed by atoms with Crippen LogP contribution >= 0.6 is 0 Å². The minimum absolute atomic E-state index is 0.139. The first kappa shape index (κ1) is 11.7. The molecule has 0 spiro atoms. The highest BCUT2D eigenvalue weighted by Gasteiger charge is 2.19. The second-order valence-corrected chi connectivity index (χ2v) is 3.61. The van der Waals surface area contributed by atoms with Gasteiger partial charge in [-0.2, -0.15) is 0 Å². The summed E-state index contributed by atoms with van der Waals surface area (Å²) >= 11 is 0. The second kappa shape index (κ2) is 5.51. The van der Waals surface area contributed by atoms with E-state index in [1.54, 1.807) is 0 Å². The summed E-state index contributed by atoms with van der Waals surface area (Å²) in [6.07, 6.45) is -0.391. The van der Waals surface area contributed by atoms with Crippen LogP contribution in [0.1, 0.15) is 25.0 Å². The summed E-state index contributed by atoms with van der Waals surface area (Å²) in [6.45, 7) is 1.83. The maximum absolute atomic E-state index is 11.0. The maximum atomic E-state index is 11.0. The molecule has 0 amide bonds. The molecule has 1 aromatic rings. The number of hydrogen-bond donors (Lipinski definition) is 1. The predicted octanol–water partition coefficient (Wildman–Crippen LogP) is 1.92. The SMILES string of the molecule is COC(=O)CC(C)C(O)c1ccccc1. The molecule has 15 heavy (non-hydrogen) atoms. The Hall–Kier alpha value is -1.35. The van der Waals surface area contributed by atoms with Gasteiger partial charge in [-0.15, -0.1) is 0 Å². The lowest BCUT2D eigenvalue weighted by molar-refractivity contribution is -0.142. The van der Waals surface area contributed by atoms with E-state index in [9.17, 15) is 9.90 Å². The van der Waals surface area contributed by atoms with Gasteiger partial charge < -0.3 is 9.84 Å². The second-order valence-electron chi connectivity index (χ2n) is 3.61. The van der Waals surface area contributed by atoms with Gasteiger partial charge in [0.1, 0.15) is 0 Å². The van der Waals surface area contributed by atoms with Crippen LogP contribution in [0.2, 0.25) is 0 Å². The Morgan fingerprint density at radius 2 is 2.00 bits per heavy atom. The molecule has 0 aliphatic carbocycles. The molecule has 0 bridgehead atoms. The fraction of sp³-hybridized carbons (Fsp3) is 0.417. The maximum Gasteiger partial charge on any atom is 0.305 e. The molecule has 0 aliphatic rings. The number of aliphatic hydroxyl groups excluding tert-OH is 1. The lowest BCUT2D eigenvalue weighted by atomic mass is 9.95. The van der Waals surface area contributed by atoms with E-state index < -0.39 is 6.10 Å². The lowest BCUT2D eigenvalue weighted by Gasteiger charge is -2.17. The van der Waals surface area contributed by atoms with Crippen molar-refractivity contribution in [2.45, 2.75) is 19.4 Å². The molecule has 82 valence electrons. The van der Waals surface area contributed by atoms with Crippen LogP contribution in [0.5, 0.6) is 0 Å². The smallest absolute Gasteiger partial charge is 0.305 e. The Balaban J connectivity index is 2.61. The average molecular weight is 208 g/mol. The van der Waals surface area contributed by atoms with Crippen molar-refractivity contribution in [3.05, 3.63) is 35.9 Å². The molecule has 0 aromatic heterocycles. The third kappa shape index (κ3) is 3.36. The molecule has 0 radical (unpaired) electrons. The van der Waals surface area contributed by atoms with Crippen LogP contribution in [0.15, 0.2) is 30.3 Å². The van der Waals surface area contributed by atoms with Crippen LogP contribution in [-0.2, 0) is 9.53 Å². The summed E-state index contributed by atoms with van der Waals surface area (Å²) in [5.74, 6) is -0.433. The number of methoxy groups -OCH3 is 1. The van der Waals surface area contributed by atoms with Crippen molar-refractivity contribution in [1.82, 2.24) is 0 Å². The van der Waals surface area contributed by atoms with Gasteiger partial charge in [0.15, 0.2) is 0 Å². The molecule has 0 aliphatic heterocycles. The number of carbonyl (C=O) groups excluding carboxylic acids is 1. The fourth-order valence-corrected chi connectivity index (χ4v) is 1.44. The van der Waals surface area contributed by atoms with Crippen LogP contribution in [0.25, 0.3) is 0 Å². The Labute approximate surface area is 89.7 Å².